The van der Waals surface area contributed by atoms with Crippen molar-refractivity contribution >= 4 is 0 Å². The Morgan fingerprint density at radius 3 is 1.06 bits per heavy atom. The summed E-state index contributed by atoms with van der Waals surface area (Å²) in [6.07, 6.45) is 0. The van der Waals surface area contributed by atoms with Crippen molar-refractivity contribution in [3.8, 4) is 0 Å². The van der Waals surface area contributed by atoms with Gasteiger partial charge in [-0.2, -0.15) is 0 Å². The molecule has 0 saturated heterocycles. The van der Waals surface area contributed by atoms with Crippen LogP contribution in [0.3, 0.4) is 0 Å². The molecule has 2 aromatic rings. The molecule has 0 atom stereocenters. The van der Waals surface area contributed by atoms with Crippen molar-refractivity contribution < 1.29 is 0 Å². The molecule has 0 heteroatoms. The SMILES string of the molecule is CC(C)(C)c1cccc(C(C)(C)c2c(C(C)(C)C)c(C(C)(C)C)cc(C(C)(C)C)c2C(C)(C)C)c1. The lowest BCUT2D eigenvalue weighted by Gasteiger charge is -2.45. The lowest BCUT2D eigenvalue weighted by atomic mass is 9.59. The summed E-state index contributed by atoms with van der Waals surface area (Å²) in [4.78, 5) is 0. The Balaban J connectivity index is 3.27. The number of rotatable bonds is 2. The van der Waals surface area contributed by atoms with Crippen LogP contribution in [-0.2, 0) is 32.5 Å². The van der Waals surface area contributed by atoms with E-state index in [1.165, 1.54) is 33.4 Å². The van der Waals surface area contributed by atoms with E-state index in [0.29, 0.717) is 0 Å². The van der Waals surface area contributed by atoms with Crippen LogP contribution in [0.2, 0.25) is 0 Å². The summed E-state index contributed by atoms with van der Waals surface area (Å²) >= 11 is 0. The van der Waals surface area contributed by atoms with Crippen LogP contribution in [0.15, 0.2) is 30.3 Å². The molecule has 0 spiro atoms. The number of hydrogen-bond donors (Lipinski definition) is 0. The molecular weight excluding hydrogens is 420 g/mol. The molecule has 0 fully saturated rings. The summed E-state index contributed by atoms with van der Waals surface area (Å²) in [7, 11) is 0. The number of hydrogen-bond acceptors (Lipinski definition) is 0. The fraction of sp³-hybridized carbons (Fsp3) is 0.657. The minimum atomic E-state index is -0.145. The quantitative estimate of drug-likeness (QED) is 0.404. The van der Waals surface area contributed by atoms with Gasteiger partial charge in [-0.05, 0) is 66.0 Å². The third-order valence-corrected chi connectivity index (χ3v) is 7.52. The number of benzene rings is 2. The van der Waals surface area contributed by atoms with E-state index in [0.717, 1.165) is 0 Å². The topological polar surface area (TPSA) is 0 Å². The van der Waals surface area contributed by atoms with Crippen molar-refractivity contribution in [3.63, 3.8) is 0 Å². The lowest BCUT2D eigenvalue weighted by Crippen LogP contribution is -2.36. The fourth-order valence-corrected chi connectivity index (χ4v) is 5.57. The highest BCUT2D eigenvalue weighted by molar-refractivity contribution is 5.60. The molecule has 0 aromatic heterocycles. The third kappa shape index (κ3) is 6.06. The van der Waals surface area contributed by atoms with Gasteiger partial charge < -0.3 is 0 Å². The minimum Gasteiger partial charge on any atom is -0.0617 e. The molecule has 196 valence electrons. The monoisotopic (exact) mass is 476 g/mol. The van der Waals surface area contributed by atoms with Crippen LogP contribution in [0.1, 0.15) is 157 Å². The zero-order chi connectivity index (χ0) is 27.6. The van der Waals surface area contributed by atoms with E-state index in [2.05, 4.69) is 148 Å². The van der Waals surface area contributed by atoms with Crippen molar-refractivity contribution in [2.24, 2.45) is 0 Å². The smallest absolute Gasteiger partial charge is 0.0152 e. The van der Waals surface area contributed by atoms with Crippen molar-refractivity contribution in [1.82, 2.24) is 0 Å². The van der Waals surface area contributed by atoms with Gasteiger partial charge in [0.1, 0.15) is 0 Å². The molecule has 0 unspecified atom stereocenters. The molecule has 0 bridgehead atoms. The standard InChI is InChI=1S/C35H56/c1-30(2,3)23-19-18-20-24(21-23)35(16,17)29-27(33(10,11)12)25(31(4,5)6)22-26(32(7,8)9)28(29)34(13,14)15/h18-22H,1-17H3. The van der Waals surface area contributed by atoms with E-state index in [1.54, 1.807) is 5.56 Å². The first-order valence-corrected chi connectivity index (χ1v) is 13.6. The molecule has 0 aliphatic heterocycles. The zero-order valence-corrected chi connectivity index (χ0v) is 26.4. The Kier molecular flexibility index (Phi) is 7.44. The Labute approximate surface area is 219 Å². The normalized spacial score (nSPS) is 14.4. The average Bonchev–Trinajstić information content (AvgIpc) is 2.62. The molecule has 0 heterocycles. The van der Waals surface area contributed by atoms with Crippen molar-refractivity contribution in [3.05, 3.63) is 69.3 Å². The zero-order valence-electron chi connectivity index (χ0n) is 26.4. The molecule has 2 rings (SSSR count). The van der Waals surface area contributed by atoms with Crippen LogP contribution in [0.4, 0.5) is 0 Å². The van der Waals surface area contributed by atoms with Crippen molar-refractivity contribution in [2.45, 2.75) is 150 Å². The summed E-state index contributed by atoms with van der Waals surface area (Å²) < 4.78 is 0. The van der Waals surface area contributed by atoms with Crippen molar-refractivity contribution in [2.75, 3.05) is 0 Å². The van der Waals surface area contributed by atoms with E-state index < -0.39 is 0 Å². The molecule has 0 aliphatic carbocycles. The Morgan fingerprint density at radius 2 is 0.743 bits per heavy atom. The van der Waals surface area contributed by atoms with Crippen LogP contribution in [0.5, 0.6) is 0 Å². The third-order valence-electron chi connectivity index (χ3n) is 7.52. The van der Waals surface area contributed by atoms with Gasteiger partial charge in [0, 0.05) is 5.41 Å². The molecule has 2 aromatic carbocycles. The largest absolute Gasteiger partial charge is 0.0617 e. The first kappa shape index (κ1) is 29.7. The second-order valence-electron chi connectivity index (χ2n) is 16.6. The summed E-state index contributed by atoms with van der Waals surface area (Å²) in [6, 6.07) is 12.0. The fourth-order valence-electron chi connectivity index (χ4n) is 5.57. The summed E-state index contributed by atoms with van der Waals surface area (Å²) in [5.41, 5.74) is 10.5. The van der Waals surface area contributed by atoms with E-state index in [1.807, 2.05) is 0 Å². The predicted molar refractivity (Wildman–Crippen MR) is 159 cm³/mol. The summed E-state index contributed by atoms with van der Waals surface area (Å²) in [5.74, 6) is 0. The molecule has 0 nitrogen and oxygen atoms in total. The van der Waals surface area contributed by atoms with E-state index in [9.17, 15) is 0 Å². The van der Waals surface area contributed by atoms with E-state index in [4.69, 9.17) is 0 Å². The van der Waals surface area contributed by atoms with Crippen LogP contribution >= 0.6 is 0 Å². The molecule has 0 radical (unpaired) electrons. The maximum atomic E-state index is 2.58. The van der Waals surface area contributed by atoms with Gasteiger partial charge >= 0.3 is 0 Å². The van der Waals surface area contributed by atoms with Gasteiger partial charge in [-0.15, -0.1) is 0 Å². The Bertz CT molecular complexity index is 1010. The second-order valence-corrected chi connectivity index (χ2v) is 16.6. The maximum Gasteiger partial charge on any atom is 0.0152 e. The minimum absolute atomic E-state index is 0.0211. The van der Waals surface area contributed by atoms with Crippen molar-refractivity contribution in [1.29, 1.82) is 0 Å². The summed E-state index contributed by atoms with van der Waals surface area (Å²) in [5, 5.41) is 0. The van der Waals surface area contributed by atoms with Gasteiger partial charge in [0.25, 0.3) is 0 Å². The highest BCUT2D eigenvalue weighted by Gasteiger charge is 2.41. The van der Waals surface area contributed by atoms with E-state index >= 15 is 0 Å². The second kappa shape index (κ2) is 8.78. The maximum absolute atomic E-state index is 2.58. The van der Waals surface area contributed by atoms with E-state index in [-0.39, 0.29) is 32.5 Å². The highest BCUT2D eigenvalue weighted by atomic mass is 14.5. The van der Waals surface area contributed by atoms with Gasteiger partial charge in [-0.25, -0.2) is 0 Å². The van der Waals surface area contributed by atoms with Gasteiger partial charge in [-0.3, -0.25) is 0 Å². The van der Waals surface area contributed by atoms with Crippen LogP contribution < -0.4 is 0 Å². The first-order chi connectivity index (χ1) is 15.3. The van der Waals surface area contributed by atoms with Gasteiger partial charge in [0.05, 0.1) is 0 Å². The van der Waals surface area contributed by atoms with Gasteiger partial charge in [0.2, 0.25) is 0 Å². The Hall–Kier alpha value is -1.56. The highest BCUT2D eigenvalue weighted by Crippen LogP contribution is 2.51. The van der Waals surface area contributed by atoms with Gasteiger partial charge in [-0.1, -0.05) is 148 Å². The van der Waals surface area contributed by atoms with Gasteiger partial charge in [0.15, 0.2) is 0 Å². The van der Waals surface area contributed by atoms with Crippen LogP contribution in [0.25, 0.3) is 0 Å². The summed E-state index contributed by atoms with van der Waals surface area (Å²) in [6.45, 7) is 40.7. The molecule has 0 saturated carbocycles. The lowest BCUT2D eigenvalue weighted by molar-refractivity contribution is 0.469. The Morgan fingerprint density at radius 1 is 0.371 bits per heavy atom. The molecule has 0 amide bonds. The first-order valence-electron chi connectivity index (χ1n) is 13.6. The van der Waals surface area contributed by atoms with Crippen LogP contribution in [-0.4, -0.2) is 0 Å². The molecule has 0 aliphatic rings. The average molecular weight is 477 g/mol. The molecule has 0 N–H and O–H groups in total. The van der Waals surface area contributed by atoms with Crippen LogP contribution in [0, 0.1) is 0 Å². The predicted octanol–water partition coefficient (Wildman–Crippen LogP) is 10.5. The molecule has 35 heavy (non-hydrogen) atoms. The molecular formula is C35H56.